The highest BCUT2D eigenvalue weighted by Crippen LogP contribution is 2.32. The van der Waals surface area contributed by atoms with E-state index in [0.29, 0.717) is 5.56 Å². The summed E-state index contributed by atoms with van der Waals surface area (Å²) in [4.78, 5) is 2.18. The number of ether oxygens (including phenoxy) is 1. The van der Waals surface area contributed by atoms with E-state index in [1.54, 1.807) is 6.07 Å². The van der Waals surface area contributed by atoms with Gasteiger partial charge in [0, 0.05) is 30.4 Å². The van der Waals surface area contributed by atoms with Gasteiger partial charge in [-0.2, -0.15) is 0 Å². The van der Waals surface area contributed by atoms with Crippen molar-refractivity contribution in [3.63, 3.8) is 0 Å². The van der Waals surface area contributed by atoms with Crippen LogP contribution in [0.5, 0.6) is 0 Å². The molecule has 19 heavy (non-hydrogen) atoms. The van der Waals surface area contributed by atoms with Gasteiger partial charge in [0.15, 0.2) is 0 Å². The van der Waals surface area contributed by atoms with Crippen LogP contribution in [0.3, 0.4) is 0 Å². The Balaban J connectivity index is 2.39. The molecule has 1 unspecified atom stereocenters. The van der Waals surface area contributed by atoms with Crippen LogP contribution in [0.4, 0.5) is 10.1 Å². The highest BCUT2D eigenvalue weighted by molar-refractivity contribution is 5.56. The Morgan fingerprint density at radius 2 is 2.16 bits per heavy atom. The van der Waals surface area contributed by atoms with Crippen molar-refractivity contribution in [3.8, 4) is 0 Å². The number of benzene rings is 1. The summed E-state index contributed by atoms with van der Waals surface area (Å²) < 4.78 is 19.9. The molecule has 1 aromatic rings. The fraction of sp³-hybridized carbons (Fsp3) is 0.600. The molecule has 0 radical (unpaired) electrons. The summed E-state index contributed by atoms with van der Waals surface area (Å²) in [5.74, 6) is -0.232. The molecule has 2 rings (SSSR count). The Bertz CT molecular complexity index is 459. The van der Waals surface area contributed by atoms with Crippen LogP contribution < -0.4 is 10.6 Å². The third-order valence-corrected chi connectivity index (χ3v) is 3.40. The number of hydrogen-bond donors (Lipinski definition) is 1. The average molecular weight is 266 g/mol. The van der Waals surface area contributed by atoms with Crippen LogP contribution in [0.25, 0.3) is 0 Å². The lowest BCUT2D eigenvalue weighted by molar-refractivity contribution is -0.0750. The normalized spacial score (nSPS) is 24.3. The highest BCUT2D eigenvalue weighted by atomic mass is 19.1. The summed E-state index contributed by atoms with van der Waals surface area (Å²) in [5, 5.41) is 0. The van der Waals surface area contributed by atoms with Gasteiger partial charge in [0.05, 0.1) is 11.7 Å². The molecule has 0 saturated carbocycles. The second-order valence-electron chi connectivity index (χ2n) is 6.03. The van der Waals surface area contributed by atoms with Crippen LogP contribution in [0, 0.1) is 5.82 Å². The maximum absolute atomic E-state index is 14.0. The van der Waals surface area contributed by atoms with Crippen molar-refractivity contribution in [3.05, 3.63) is 29.6 Å². The average Bonchev–Trinajstić information content (AvgIpc) is 2.25. The van der Waals surface area contributed by atoms with E-state index in [9.17, 15) is 4.39 Å². The minimum atomic E-state index is -0.322. The van der Waals surface area contributed by atoms with Gasteiger partial charge in [0.1, 0.15) is 5.82 Å². The predicted octanol–water partition coefficient (Wildman–Crippen LogP) is 2.85. The zero-order valence-electron chi connectivity index (χ0n) is 12.1. The molecule has 0 aromatic heterocycles. The number of anilines is 1. The lowest BCUT2D eigenvalue weighted by Gasteiger charge is -2.43. The minimum absolute atomic E-state index is 0.118. The molecule has 2 atom stereocenters. The summed E-state index contributed by atoms with van der Waals surface area (Å²) in [6.07, 6.45) is 0.118. The molecule has 0 amide bonds. The van der Waals surface area contributed by atoms with Gasteiger partial charge in [-0.1, -0.05) is 6.07 Å². The van der Waals surface area contributed by atoms with Crippen LogP contribution in [0.1, 0.15) is 39.3 Å². The highest BCUT2D eigenvalue weighted by Gasteiger charge is 2.32. The monoisotopic (exact) mass is 266 g/mol. The van der Waals surface area contributed by atoms with E-state index in [1.807, 2.05) is 19.9 Å². The summed E-state index contributed by atoms with van der Waals surface area (Å²) in [6, 6.07) is 4.83. The lowest BCUT2D eigenvalue weighted by Crippen LogP contribution is -2.52. The first-order chi connectivity index (χ1) is 8.80. The molecule has 0 bridgehead atoms. The van der Waals surface area contributed by atoms with Crippen molar-refractivity contribution >= 4 is 5.69 Å². The van der Waals surface area contributed by atoms with E-state index < -0.39 is 0 Å². The molecule has 106 valence electrons. The van der Waals surface area contributed by atoms with Gasteiger partial charge >= 0.3 is 0 Å². The van der Waals surface area contributed by atoms with Gasteiger partial charge in [-0.25, -0.2) is 4.39 Å². The number of hydrogen-bond acceptors (Lipinski definition) is 3. The summed E-state index contributed by atoms with van der Waals surface area (Å²) in [7, 11) is 0. The molecule has 1 fully saturated rings. The van der Waals surface area contributed by atoms with Gasteiger partial charge in [-0.3, -0.25) is 0 Å². The molecule has 1 aliphatic heterocycles. The van der Waals surface area contributed by atoms with E-state index in [2.05, 4.69) is 18.7 Å². The Hall–Kier alpha value is -1.13. The number of morpholine rings is 1. The summed E-state index contributed by atoms with van der Waals surface area (Å²) >= 11 is 0. The molecule has 1 saturated heterocycles. The van der Waals surface area contributed by atoms with Gasteiger partial charge < -0.3 is 15.4 Å². The van der Waals surface area contributed by atoms with Crippen molar-refractivity contribution in [1.29, 1.82) is 0 Å². The van der Waals surface area contributed by atoms with Crippen LogP contribution >= 0.6 is 0 Å². The van der Waals surface area contributed by atoms with Gasteiger partial charge in [-0.05, 0) is 39.8 Å². The fourth-order valence-corrected chi connectivity index (χ4v) is 2.89. The maximum Gasteiger partial charge on any atom is 0.130 e. The topological polar surface area (TPSA) is 38.5 Å². The summed E-state index contributed by atoms with van der Waals surface area (Å²) in [6.45, 7) is 9.46. The molecule has 1 heterocycles. The Kier molecular flexibility index (Phi) is 3.83. The molecule has 1 aromatic carbocycles. The van der Waals surface area contributed by atoms with Crippen molar-refractivity contribution in [2.75, 3.05) is 18.0 Å². The minimum Gasteiger partial charge on any atom is -0.369 e. The third-order valence-electron chi connectivity index (χ3n) is 3.40. The van der Waals surface area contributed by atoms with Crippen LogP contribution in [0.2, 0.25) is 0 Å². The molecular weight excluding hydrogens is 243 g/mol. The van der Waals surface area contributed by atoms with E-state index in [4.69, 9.17) is 10.5 Å². The second kappa shape index (κ2) is 5.10. The largest absolute Gasteiger partial charge is 0.369 e. The van der Waals surface area contributed by atoms with E-state index in [-0.39, 0.29) is 23.6 Å². The van der Waals surface area contributed by atoms with E-state index >= 15 is 0 Å². The van der Waals surface area contributed by atoms with Gasteiger partial charge in [0.2, 0.25) is 0 Å². The summed E-state index contributed by atoms with van der Waals surface area (Å²) in [5.41, 5.74) is 7.17. The molecule has 0 spiro atoms. The standard InChI is InChI=1S/C15H23FN2O/c1-10-8-18(9-15(3,4)19-10)13-7-5-6-12(16)14(13)11(2)17/h5-7,10-11H,8-9,17H2,1-4H3/t10?,11-/m1/s1. The lowest BCUT2D eigenvalue weighted by atomic mass is 10.0. The SMILES string of the molecule is CC1CN(c2cccc(F)c2[C@@H](C)N)CC(C)(C)O1. The maximum atomic E-state index is 14.0. The Morgan fingerprint density at radius 1 is 1.47 bits per heavy atom. The van der Waals surface area contributed by atoms with E-state index in [1.165, 1.54) is 6.07 Å². The number of nitrogens with two attached hydrogens (primary N) is 1. The van der Waals surface area contributed by atoms with Crippen molar-refractivity contribution in [2.45, 2.75) is 45.4 Å². The first kappa shape index (κ1) is 14.3. The van der Waals surface area contributed by atoms with E-state index in [0.717, 1.165) is 18.8 Å². The van der Waals surface area contributed by atoms with Crippen molar-refractivity contribution < 1.29 is 9.13 Å². The predicted molar refractivity (Wildman–Crippen MR) is 75.8 cm³/mol. The Morgan fingerprint density at radius 3 is 2.74 bits per heavy atom. The zero-order valence-corrected chi connectivity index (χ0v) is 12.1. The quantitative estimate of drug-likeness (QED) is 0.894. The van der Waals surface area contributed by atoms with Crippen molar-refractivity contribution in [2.24, 2.45) is 5.73 Å². The van der Waals surface area contributed by atoms with Crippen LogP contribution in [0.15, 0.2) is 18.2 Å². The number of halogens is 1. The smallest absolute Gasteiger partial charge is 0.130 e. The first-order valence-corrected chi connectivity index (χ1v) is 6.77. The molecule has 0 aliphatic carbocycles. The van der Waals surface area contributed by atoms with Crippen molar-refractivity contribution in [1.82, 2.24) is 0 Å². The first-order valence-electron chi connectivity index (χ1n) is 6.77. The van der Waals surface area contributed by atoms with Crippen LogP contribution in [-0.4, -0.2) is 24.8 Å². The third kappa shape index (κ3) is 3.07. The van der Waals surface area contributed by atoms with Gasteiger partial charge in [0.25, 0.3) is 0 Å². The number of rotatable bonds is 2. The molecule has 2 N–H and O–H groups in total. The second-order valence-corrected chi connectivity index (χ2v) is 6.03. The molecular formula is C15H23FN2O. The molecule has 3 nitrogen and oxygen atoms in total. The zero-order chi connectivity index (χ0) is 14.2. The molecule has 4 heteroatoms. The number of nitrogens with zero attached hydrogens (tertiary/aromatic N) is 1. The van der Waals surface area contributed by atoms with Gasteiger partial charge in [-0.15, -0.1) is 0 Å². The molecule has 1 aliphatic rings. The fourth-order valence-electron chi connectivity index (χ4n) is 2.89. The Labute approximate surface area is 114 Å². The van der Waals surface area contributed by atoms with Crippen LogP contribution in [-0.2, 0) is 4.74 Å².